The average molecular weight is 267 g/mol. The van der Waals surface area contributed by atoms with Gasteiger partial charge in [0.25, 0.3) is 0 Å². The molecule has 0 aliphatic heterocycles. The molecule has 0 spiro atoms. The maximum Gasteiger partial charge on any atom is 0.118 e. The van der Waals surface area contributed by atoms with E-state index in [4.69, 9.17) is 9.47 Å². The Morgan fingerprint density at radius 1 is 1.21 bits per heavy atom. The third-order valence-corrected chi connectivity index (χ3v) is 2.90. The van der Waals surface area contributed by atoms with Crippen molar-refractivity contribution in [1.82, 2.24) is 5.32 Å². The number of nitrogens with one attached hydrogen (secondary N) is 1. The minimum Gasteiger partial charge on any atom is -0.497 e. The van der Waals surface area contributed by atoms with Crippen LogP contribution in [0.3, 0.4) is 0 Å². The zero-order chi connectivity index (χ0) is 13.9. The van der Waals surface area contributed by atoms with Crippen LogP contribution in [0.4, 0.5) is 0 Å². The van der Waals surface area contributed by atoms with E-state index in [2.05, 4.69) is 12.2 Å². The van der Waals surface area contributed by atoms with E-state index in [0.717, 1.165) is 37.3 Å². The third-order valence-electron chi connectivity index (χ3n) is 2.90. The molecule has 0 saturated carbocycles. The number of aliphatic hydroxyl groups is 1. The van der Waals surface area contributed by atoms with E-state index in [-0.39, 0.29) is 0 Å². The van der Waals surface area contributed by atoms with Gasteiger partial charge in [0.15, 0.2) is 0 Å². The van der Waals surface area contributed by atoms with Gasteiger partial charge in [-0.05, 0) is 24.1 Å². The Morgan fingerprint density at radius 3 is 2.58 bits per heavy atom. The molecule has 19 heavy (non-hydrogen) atoms. The lowest BCUT2D eigenvalue weighted by molar-refractivity contribution is 0.125. The third kappa shape index (κ3) is 6.57. The molecule has 0 aliphatic rings. The summed E-state index contributed by atoms with van der Waals surface area (Å²) in [6, 6.07) is 7.46. The normalized spacial score (nSPS) is 12.4. The summed E-state index contributed by atoms with van der Waals surface area (Å²) in [7, 11) is 1.63. The highest BCUT2D eigenvalue weighted by Crippen LogP contribution is 2.16. The molecule has 1 atom stereocenters. The van der Waals surface area contributed by atoms with Crippen LogP contribution in [0.5, 0.6) is 5.75 Å². The molecule has 1 aromatic carbocycles. The first kappa shape index (κ1) is 16.0. The molecule has 0 aromatic heterocycles. The van der Waals surface area contributed by atoms with Crippen LogP contribution in [0.2, 0.25) is 0 Å². The van der Waals surface area contributed by atoms with Crippen LogP contribution in [0.1, 0.15) is 31.4 Å². The second kappa shape index (κ2) is 9.78. The number of methoxy groups -OCH3 is 1. The van der Waals surface area contributed by atoms with E-state index < -0.39 is 6.10 Å². The summed E-state index contributed by atoms with van der Waals surface area (Å²) in [6.45, 7) is 4.95. The number of ether oxygens (including phenoxy) is 2. The molecule has 0 amide bonds. The monoisotopic (exact) mass is 267 g/mol. The smallest absolute Gasteiger partial charge is 0.118 e. The fraction of sp³-hybridized carbons (Fsp3) is 0.600. The van der Waals surface area contributed by atoms with Crippen molar-refractivity contribution in [2.45, 2.75) is 25.9 Å². The first-order valence-corrected chi connectivity index (χ1v) is 6.88. The molecule has 0 radical (unpaired) electrons. The minimum absolute atomic E-state index is 0.499. The van der Waals surface area contributed by atoms with E-state index in [0.29, 0.717) is 13.2 Å². The summed E-state index contributed by atoms with van der Waals surface area (Å²) < 4.78 is 10.5. The Kier molecular flexibility index (Phi) is 8.21. The maximum absolute atomic E-state index is 9.98. The van der Waals surface area contributed by atoms with Gasteiger partial charge in [-0.25, -0.2) is 0 Å². The fourth-order valence-electron chi connectivity index (χ4n) is 1.68. The van der Waals surface area contributed by atoms with Gasteiger partial charge in [-0.1, -0.05) is 25.5 Å². The summed E-state index contributed by atoms with van der Waals surface area (Å²) in [4.78, 5) is 0. The number of rotatable bonds is 10. The molecule has 1 unspecified atom stereocenters. The van der Waals surface area contributed by atoms with Crippen molar-refractivity contribution in [1.29, 1.82) is 0 Å². The fourth-order valence-corrected chi connectivity index (χ4v) is 1.68. The molecule has 2 N–H and O–H groups in total. The second-order valence-electron chi connectivity index (χ2n) is 4.46. The highest BCUT2D eigenvalue weighted by atomic mass is 16.5. The molecule has 0 aliphatic carbocycles. The van der Waals surface area contributed by atoms with Crippen molar-refractivity contribution in [2.24, 2.45) is 0 Å². The Labute approximate surface area is 115 Å². The van der Waals surface area contributed by atoms with Crippen LogP contribution >= 0.6 is 0 Å². The van der Waals surface area contributed by atoms with Gasteiger partial charge in [0.05, 0.1) is 19.8 Å². The highest BCUT2D eigenvalue weighted by Gasteiger charge is 2.06. The van der Waals surface area contributed by atoms with Gasteiger partial charge in [0.1, 0.15) is 5.75 Å². The van der Waals surface area contributed by atoms with Crippen molar-refractivity contribution in [3.8, 4) is 5.75 Å². The molecule has 0 saturated heterocycles. The number of hydrogen-bond donors (Lipinski definition) is 2. The molecule has 4 heteroatoms. The largest absolute Gasteiger partial charge is 0.497 e. The predicted molar refractivity (Wildman–Crippen MR) is 76.6 cm³/mol. The Morgan fingerprint density at radius 2 is 1.95 bits per heavy atom. The second-order valence-corrected chi connectivity index (χ2v) is 4.46. The standard InChI is InChI=1S/C15H25NO3/c1-3-4-10-19-11-9-16-12-15(17)13-5-7-14(18-2)8-6-13/h5-8,15-17H,3-4,9-12H2,1-2H3. The number of unbranched alkanes of at least 4 members (excludes halogenated alkanes) is 1. The summed E-state index contributed by atoms with van der Waals surface area (Å²) in [5, 5.41) is 13.2. The highest BCUT2D eigenvalue weighted by molar-refractivity contribution is 5.28. The molecule has 1 rings (SSSR count). The first-order chi connectivity index (χ1) is 9.27. The van der Waals surface area contributed by atoms with Crippen LogP contribution in [-0.2, 0) is 4.74 Å². The number of aliphatic hydroxyl groups excluding tert-OH is 1. The van der Waals surface area contributed by atoms with E-state index >= 15 is 0 Å². The van der Waals surface area contributed by atoms with Gasteiger partial charge in [-0.15, -0.1) is 0 Å². The van der Waals surface area contributed by atoms with Crippen LogP contribution in [0, 0.1) is 0 Å². The van der Waals surface area contributed by atoms with Crippen molar-refractivity contribution >= 4 is 0 Å². The van der Waals surface area contributed by atoms with Crippen molar-refractivity contribution < 1.29 is 14.6 Å². The van der Waals surface area contributed by atoms with Crippen LogP contribution in [0.25, 0.3) is 0 Å². The minimum atomic E-state index is -0.499. The molecule has 4 nitrogen and oxygen atoms in total. The Bertz CT molecular complexity index is 327. The molecular formula is C15H25NO3. The Balaban J connectivity index is 2.14. The number of benzene rings is 1. The predicted octanol–water partition coefficient (Wildman–Crippen LogP) is 2.13. The van der Waals surface area contributed by atoms with Crippen molar-refractivity contribution in [3.63, 3.8) is 0 Å². The van der Waals surface area contributed by atoms with Crippen LogP contribution in [-0.4, -0.2) is 38.5 Å². The summed E-state index contributed by atoms with van der Waals surface area (Å²) in [6.07, 6.45) is 1.76. The summed E-state index contributed by atoms with van der Waals surface area (Å²) in [5.74, 6) is 0.799. The molecule has 1 aromatic rings. The lowest BCUT2D eigenvalue weighted by atomic mass is 10.1. The van der Waals surface area contributed by atoms with Gasteiger partial charge in [0, 0.05) is 19.7 Å². The van der Waals surface area contributed by atoms with Crippen LogP contribution < -0.4 is 10.1 Å². The first-order valence-electron chi connectivity index (χ1n) is 6.88. The van der Waals surface area contributed by atoms with Crippen molar-refractivity contribution in [2.75, 3.05) is 33.4 Å². The van der Waals surface area contributed by atoms with Crippen LogP contribution in [0.15, 0.2) is 24.3 Å². The van der Waals surface area contributed by atoms with Gasteiger partial charge in [-0.2, -0.15) is 0 Å². The molecule has 0 fully saturated rings. The summed E-state index contributed by atoms with van der Waals surface area (Å²) in [5.41, 5.74) is 0.889. The lowest BCUT2D eigenvalue weighted by Gasteiger charge is -2.12. The van der Waals surface area contributed by atoms with E-state index in [1.54, 1.807) is 7.11 Å². The maximum atomic E-state index is 9.98. The quantitative estimate of drug-likeness (QED) is 0.638. The zero-order valence-electron chi connectivity index (χ0n) is 11.9. The molecule has 0 bridgehead atoms. The number of hydrogen-bond acceptors (Lipinski definition) is 4. The molecular weight excluding hydrogens is 242 g/mol. The van der Waals surface area contributed by atoms with E-state index in [1.807, 2.05) is 24.3 Å². The van der Waals surface area contributed by atoms with Gasteiger partial charge in [0.2, 0.25) is 0 Å². The molecule has 0 heterocycles. The molecule has 108 valence electrons. The van der Waals surface area contributed by atoms with Crippen molar-refractivity contribution in [3.05, 3.63) is 29.8 Å². The SMILES string of the molecule is CCCCOCCNCC(O)c1ccc(OC)cc1. The average Bonchev–Trinajstić information content (AvgIpc) is 2.46. The van der Waals surface area contributed by atoms with Gasteiger partial charge >= 0.3 is 0 Å². The van der Waals surface area contributed by atoms with Gasteiger partial charge < -0.3 is 19.9 Å². The van der Waals surface area contributed by atoms with E-state index in [9.17, 15) is 5.11 Å². The topological polar surface area (TPSA) is 50.7 Å². The zero-order valence-corrected chi connectivity index (χ0v) is 11.9. The van der Waals surface area contributed by atoms with Gasteiger partial charge in [-0.3, -0.25) is 0 Å². The summed E-state index contributed by atoms with van der Waals surface area (Å²) >= 11 is 0. The van der Waals surface area contributed by atoms with E-state index in [1.165, 1.54) is 0 Å². The lowest BCUT2D eigenvalue weighted by Crippen LogP contribution is -2.25. The Hall–Kier alpha value is -1.10.